The number of para-hydroxylation sites is 1. The highest BCUT2D eigenvalue weighted by Gasteiger charge is 2.12. The first kappa shape index (κ1) is 14.5. The second-order valence-electron chi connectivity index (χ2n) is 6.02. The fraction of sp³-hybridized carbons (Fsp3) is 0.0952. The molecule has 0 spiro atoms. The van der Waals surface area contributed by atoms with Gasteiger partial charge >= 0.3 is 0 Å². The minimum absolute atomic E-state index is 0.0145. The molecule has 0 aliphatic rings. The van der Waals surface area contributed by atoms with Gasteiger partial charge in [-0.15, -0.1) is 0 Å². The van der Waals surface area contributed by atoms with Crippen molar-refractivity contribution in [1.29, 1.82) is 0 Å². The highest BCUT2D eigenvalue weighted by Crippen LogP contribution is 2.23. The van der Waals surface area contributed by atoms with Crippen LogP contribution in [0.1, 0.15) is 16.7 Å². The average Bonchev–Trinajstić information content (AvgIpc) is 3.01. The highest BCUT2D eigenvalue weighted by molar-refractivity contribution is 5.81. The summed E-state index contributed by atoms with van der Waals surface area (Å²) in [6.07, 6.45) is 2.80. The third kappa shape index (κ3) is 2.44. The fourth-order valence-electron chi connectivity index (χ4n) is 3.19. The van der Waals surface area contributed by atoms with Crippen molar-refractivity contribution >= 4 is 11.0 Å². The summed E-state index contributed by atoms with van der Waals surface area (Å²) in [5.74, 6) is 0. The van der Waals surface area contributed by atoms with Crippen LogP contribution in [-0.4, -0.2) is 9.55 Å². The van der Waals surface area contributed by atoms with Gasteiger partial charge in [-0.3, -0.25) is 9.36 Å². The van der Waals surface area contributed by atoms with Gasteiger partial charge in [0, 0.05) is 24.4 Å². The fourth-order valence-corrected chi connectivity index (χ4v) is 3.19. The molecule has 4 aromatic rings. The predicted molar refractivity (Wildman–Crippen MR) is 97.9 cm³/mol. The molecule has 3 nitrogen and oxygen atoms in total. The largest absolute Gasteiger partial charge is 0.360 e. The molecule has 3 heteroatoms. The molecule has 24 heavy (non-hydrogen) atoms. The number of nitrogens with zero attached hydrogens (tertiary/aromatic N) is 1. The van der Waals surface area contributed by atoms with Gasteiger partial charge in [-0.2, -0.15) is 0 Å². The summed E-state index contributed by atoms with van der Waals surface area (Å²) < 4.78 is 1.79. The Bertz CT molecular complexity index is 1060. The number of benzene rings is 2. The molecule has 0 saturated carbocycles. The topological polar surface area (TPSA) is 37.8 Å². The summed E-state index contributed by atoms with van der Waals surface area (Å²) in [5, 5.41) is 0. The number of fused-ring (bicyclic) bond motifs is 1. The number of aromatic amines is 1. The van der Waals surface area contributed by atoms with Crippen LogP contribution in [0.15, 0.2) is 77.7 Å². The Hall–Kier alpha value is -3.07. The zero-order valence-corrected chi connectivity index (χ0v) is 13.5. The van der Waals surface area contributed by atoms with Crippen LogP contribution >= 0.6 is 0 Å². The van der Waals surface area contributed by atoms with Gasteiger partial charge in [0.05, 0.1) is 11.0 Å². The van der Waals surface area contributed by atoms with Crippen molar-refractivity contribution in [3.8, 4) is 5.69 Å². The highest BCUT2D eigenvalue weighted by atomic mass is 16.1. The monoisotopic (exact) mass is 314 g/mol. The Kier molecular flexibility index (Phi) is 3.54. The van der Waals surface area contributed by atoms with Crippen molar-refractivity contribution in [3.05, 3.63) is 100.0 Å². The normalized spacial score (nSPS) is 11.0. The van der Waals surface area contributed by atoms with Crippen molar-refractivity contribution in [2.24, 2.45) is 0 Å². The van der Waals surface area contributed by atoms with Crippen molar-refractivity contribution < 1.29 is 0 Å². The van der Waals surface area contributed by atoms with E-state index >= 15 is 0 Å². The van der Waals surface area contributed by atoms with Gasteiger partial charge in [0.15, 0.2) is 0 Å². The lowest BCUT2D eigenvalue weighted by Crippen LogP contribution is -2.17. The Labute approximate surface area is 140 Å². The Morgan fingerprint density at radius 3 is 2.42 bits per heavy atom. The minimum Gasteiger partial charge on any atom is -0.360 e. The van der Waals surface area contributed by atoms with Crippen LogP contribution in [-0.2, 0) is 6.42 Å². The quantitative estimate of drug-likeness (QED) is 0.604. The zero-order valence-electron chi connectivity index (χ0n) is 13.5. The number of rotatable bonds is 3. The van der Waals surface area contributed by atoms with E-state index in [1.54, 1.807) is 10.6 Å². The van der Waals surface area contributed by atoms with E-state index in [0.717, 1.165) is 28.7 Å². The van der Waals surface area contributed by atoms with E-state index in [0.29, 0.717) is 0 Å². The van der Waals surface area contributed by atoms with Crippen LogP contribution in [0.2, 0.25) is 0 Å². The van der Waals surface area contributed by atoms with Gasteiger partial charge in [-0.25, -0.2) is 0 Å². The maximum Gasteiger partial charge on any atom is 0.255 e. The van der Waals surface area contributed by atoms with Crippen LogP contribution in [0.4, 0.5) is 0 Å². The van der Waals surface area contributed by atoms with Gasteiger partial charge in [0.25, 0.3) is 5.56 Å². The lowest BCUT2D eigenvalue weighted by molar-refractivity contribution is 1.03. The smallest absolute Gasteiger partial charge is 0.255 e. The molecule has 2 aromatic heterocycles. The third-order valence-corrected chi connectivity index (χ3v) is 4.45. The maximum atomic E-state index is 12.6. The molecule has 0 atom stereocenters. The zero-order chi connectivity index (χ0) is 16.5. The number of nitrogens with one attached hydrogen (secondary N) is 1. The molecule has 0 bridgehead atoms. The standard InChI is InChI=1S/C21H18N2O/c1-15-7-5-6-8-16(15)13-17-14-22-19-11-12-20(24)23(21(17)19)18-9-3-2-4-10-18/h2-12,14,22H,13H2,1H3. The summed E-state index contributed by atoms with van der Waals surface area (Å²) in [6, 6.07) is 21.6. The molecule has 2 aromatic carbocycles. The van der Waals surface area contributed by atoms with E-state index in [4.69, 9.17) is 0 Å². The first-order valence-electron chi connectivity index (χ1n) is 8.06. The SMILES string of the molecule is Cc1ccccc1Cc1c[nH]c2ccc(=O)n(-c3ccccc3)c12. The lowest BCUT2D eigenvalue weighted by Gasteiger charge is -2.10. The average molecular weight is 314 g/mol. The van der Waals surface area contributed by atoms with E-state index in [1.165, 1.54) is 11.1 Å². The summed E-state index contributed by atoms with van der Waals surface area (Å²) in [5.41, 5.74) is 6.46. The molecule has 0 amide bonds. The van der Waals surface area contributed by atoms with Crippen molar-refractivity contribution in [1.82, 2.24) is 9.55 Å². The third-order valence-electron chi connectivity index (χ3n) is 4.45. The van der Waals surface area contributed by atoms with Crippen molar-refractivity contribution in [3.63, 3.8) is 0 Å². The molecule has 0 aliphatic heterocycles. The van der Waals surface area contributed by atoms with Gasteiger partial charge < -0.3 is 4.98 Å². The van der Waals surface area contributed by atoms with Gasteiger partial charge in [0.2, 0.25) is 0 Å². The molecular weight excluding hydrogens is 296 g/mol. The molecule has 0 fully saturated rings. The Morgan fingerprint density at radius 1 is 0.875 bits per heavy atom. The van der Waals surface area contributed by atoms with Crippen LogP contribution < -0.4 is 5.56 Å². The molecule has 4 rings (SSSR count). The Morgan fingerprint density at radius 2 is 1.62 bits per heavy atom. The van der Waals surface area contributed by atoms with E-state index in [1.807, 2.05) is 48.7 Å². The molecule has 0 aliphatic carbocycles. The number of hydrogen-bond donors (Lipinski definition) is 1. The van der Waals surface area contributed by atoms with E-state index in [2.05, 4.69) is 30.1 Å². The first-order chi connectivity index (χ1) is 11.7. The van der Waals surface area contributed by atoms with Crippen LogP contribution in [0.3, 0.4) is 0 Å². The number of aromatic nitrogens is 2. The molecular formula is C21H18N2O. The van der Waals surface area contributed by atoms with Crippen LogP contribution in [0, 0.1) is 6.92 Å². The van der Waals surface area contributed by atoms with Gasteiger partial charge in [-0.1, -0.05) is 42.5 Å². The first-order valence-corrected chi connectivity index (χ1v) is 8.06. The van der Waals surface area contributed by atoms with Crippen LogP contribution in [0.5, 0.6) is 0 Å². The predicted octanol–water partition coefficient (Wildman–Crippen LogP) is 4.22. The van der Waals surface area contributed by atoms with Crippen LogP contribution in [0.25, 0.3) is 16.7 Å². The molecule has 0 unspecified atom stereocenters. The summed E-state index contributed by atoms with van der Waals surface area (Å²) >= 11 is 0. The van der Waals surface area contributed by atoms with Crippen molar-refractivity contribution in [2.75, 3.05) is 0 Å². The van der Waals surface area contributed by atoms with Crippen molar-refractivity contribution in [2.45, 2.75) is 13.3 Å². The number of aryl methyl sites for hydroxylation is 1. The summed E-state index contributed by atoms with van der Waals surface area (Å²) in [7, 11) is 0. The van der Waals surface area contributed by atoms with Gasteiger partial charge in [0.1, 0.15) is 0 Å². The van der Waals surface area contributed by atoms with Gasteiger partial charge in [-0.05, 0) is 41.8 Å². The van der Waals surface area contributed by atoms with E-state index < -0.39 is 0 Å². The Balaban J connectivity index is 1.94. The van der Waals surface area contributed by atoms with E-state index in [-0.39, 0.29) is 5.56 Å². The second kappa shape index (κ2) is 5.85. The molecule has 118 valence electrons. The number of H-pyrrole nitrogens is 1. The molecule has 0 radical (unpaired) electrons. The molecule has 0 saturated heterocycles. The van der Waals surface area contributed by atoms with E-state index in [9.17, 15) is 4.79 Å². The second-order valence-corrected chi connectivity index (χ2v) is 6.02. The summed E-state index contributed by atoms with van der Waals surface area (Å²) in [6.45, 7) is 2.12. The number of pyridine rings is 1. The lowest BCUT2D eigenvalue weighted by atomic mass is 10.0. The minimum atomic E-state index is -0.0145. The molecule has 2 heterocycles. The summed E-state index contributed by atoms with van der Waals surface area (Å²) in [4.78, 5) is 15.9. The number of hydrogen-bond acceptors (Lipinski definition) is 1. The maximum absolute atomic E-state index is 12.6. The molecule has 1 N–H and O–H groups in total.